The van der Waals surface area contributed by atoms with E-state index >= 15 is 0 Å². The van der Waals surface area contributed by atoms with Gasteiger partial charge < -0.3 is 0 Å². The predicted octanol–water partition coefficient (Wildman–Crippen LogP) is 2.55. The summed E-state index contributed by atoms with van der Waals surface area (Å²) in [4.78, 5) is 0.160. The fourth-order valence-electron chi connectivity index (χ4n) is 1.80. The average Bonchev–Trinajstić information content (AvgIpc) is 2.60. The van der Waals surface area contributed by atoms with Gasteiger partial charge in [-0.05, 0) is 10.1 Å². The third kappa shape index (κ3) is 1.65. The van der Waals surface area contributed by atoms with Crippen molar-refractivity contribution in [3.05, 3.63) is 44.4 Å². The molecular weight excluding hydrogens is 363 g/mol. The fourth-order valence-corrected chi connectivity index (χ4v) is 4.67. The van der Waals surface area contributed by atoms with Gasteiger partial charge >= 0.3 is 0 Å². The molecule has 2 rings (SSSR count). The number of fused-ring (bicyclic) bond motifs is 1. The minimum absolute atomic E-state index is 0.0161. The highest BCUT2D eigenvalue weighted by atomic mass is 127. The minimum Gasteiger partial charge on any atom is -0.218 e. The molecule has 0 saturated heterocycles. The molecule has 6 heteroatoms. The Labute approximate surface area is 118 Å². The molecule has 1 heterocycles. The third-order valence-corrected chi connectivity index (χ3v) is 5.44. The Hall–Kier alpha value is -1.64. The first-order valence-corrected chi connectivity index (χ1v) is 7.50. The van der Waals surface area contributed by atoms with Gasteiger partial charge in [-0.3, -0.25) is 0 Å². The van der Waals surface area contributed by atoms with Gasteiger partial charge in [0.25, 0.3) is 0 Å². The van der Waals surface area contributed by atoms with E-state index in [0.29, 0.717) is 5.56 Å². The maximum absolute atomic E-state index is 12.2. The van der Waals surface area contributed by atoms with Gasteiger partial charge in [0.05, 0.1) is 9.80 Å². The van der Waals surface area contributed by atoms with Crippen molar-refractivity contribution >= 4 is 38.0 Å². The average molecular weight is 368 g/mol. The Bertz CT molecular complexity index is 761. The van der Waals surface area contributed by atoms with E-state index in [0.717, 1.165) is 0 Å². The standard InChI is InChI=1S/C12H5IN2O2S/c13-5-11-12(8(6-14)7-15)9-3-1-2-4-10(9)18(11,16)17/h1-5H/b11-5+. The lowest BCUT2D eigenvalue weighted by Crippen LogP contribution is -1.97. The summed E-state index contributed by atoms with van der Waals surface area (Å²) in [5.74, 6) is 0. The quantitative estimate of drug-likeness (QED) is 0.521. The van der Waals surface area contributed by atoms with Gasteiger partial charge in [-0.1, -0.05) is 40.8 Å². The van der Waals surface area contributed by atoms with E-state index in [4.69, 9.17) is 10.5 Å². The molecule has 0 amide bonds. The van der Waals surface area contributed by atoms with Crippen molar-refractivity contribution in [3.8, 4) is 12.1 Å². The lowest BCUT2D eigenvalue weighted by Gasteiger charge is -1.98. The second kappa shape index (κ2) is 4.56. The molecule has 0 unspecified atom stereocenters. The van der Waals surface area contributed by atoms with E-state index in [1.165, 1.54) is 10.1 Å². The maximum atomic E-state index is 12.2. The van der Waals surface area contributed by atoms with E-state index in [9.17, 15) is 8.42 Å². The van der Waals surface area contributed by atoms with Crippen molar-refractivity contribution in [2.24, 2.45) is 0 Å². The van der Waals surface area contributed by atoms with Crippen LogP contribution in [0, 0.1) is 22.7 Å². The van der Waals surface area contributed by atoms with Crippen molar-refractivity contribution in [2.45, 2.75) is 4.90 Å². The molecule has 1 aliphatic heterocycles. The van der Waals surface area contributed by atoms with Gasteiger partial charge in [-0.25, -0.2) is 8.42 Å². The Morgan fingerprint density at radius 2 is 1.83 bits per heavy atom. The van der Waals surface area contributed by atoms with Gasteiger partial charge in [0.2, 0.25) is 9.84 Å². The van der Waals surface area contributed by atoms with Crippen LogP contribution in [-0.4, -0.2) is 8.42 Å². The van der Waals surface area contributed by atoms with Crippen molar-refractivity contribution in [3.63, 3.8) is 0 Å². The lowest BCUT2D eigenvalue weighted by molar-refractivity contribution is 0.604. The maximum Gasteiger partial charge on any atom is 0.208 e. The first kappa shape index (κ1) is 12.8. The van der Waals surface area contributed by atoms with Gasteiger partial charge in [-0.2, -0.15) is 10.5 Å². The van der Waals surface area contributed by atoms with Crippen LogP contribution in [0.4, 0.5) is 0 Å². The number of rotatable bonds is 0. The molecule has 0 atom stereocenters. The summed E-state index contributed by atoms with van der Waals surface area (Å²) in [5, 5.41) is 17.9. The molecule has 18 heavy (non-hydrogen) atoms. The Kier molecular flexibility index (Phi) is 3.24. The molecule has 1 aromatic carbocycles. The van der Waals surface area contributed by atoms with E-state index in [1.54, 1.807) is 52.9 Å². The summed E-state index contributed by atoms with van der Waals surface area (Å²) in [6, 6.07) is 9.86. The molecule has 0 aromatic heterocycles. The van der Waals surface area contributed by atoms with Crippen molar-refractivity contribution in [1.82, 2.24) is 0 Å². The van der Waals surface area contributed by atoms with Gasteiger partial charge in [0, 0.05) is 11.1 Å². The molecule has 4 nitrogen and oxygen atoms in total. The van der Waals surface area contributed by atoms with Crippen molar-refractivity contribution in [2.75, 3.05) is 0 Å². The Balaban J connectivity index is 3.00. The van der Waals surface area contributed by atoms with Crippen LogP contribution >= 0.6 is 22.6 Å². The van der Waals surface area contributed by atoms with Gasteiger partial charge in [-0.15, -0.1) is 0 Å². The summed E-state index contributed by atoms with van der Waals surface area (Å²) < 4.78 is 25.9. The predicted molar refractivity (Wildman–Crippen MR) is 73.9 cm³/mol. The molecule has 1 aliphatic rings. The van der Waals surface area contributed by atoms with Gasteiger partial charge in [0.15, 0.2) is 0 Å². The highest BCUT2D eigenvalue weighted by molar-refractivity contribution is 14.1. The van der Waals surface area contributed by atoms with Crippen LogP contribution in [0.25, 0.3) is 5.57 Å². The molecule has 0 radical (unpaired) electrons. The topological polar surface area (TPSA) is 81.7 Å². The molecular formula is C12H5IN2O2S. The van der Waals surface area contributed by atoms with E-state index < -0.39 is 9.84 Å². The highest BCUT2D eigenvalue weighted by Crippen LogP contribution is 2.44. The molecule has 0 spiro atoms. The normalized spacial score (nSPS) is 17.9. The fraction of sp³-hybridized carbons (Fsp3) is 0. The van der Waals surface area contributed by atoms with Crippen LogP contribution in [0.2, 0.25) is 0 Å². The monoisotopic (exact) mass is 368 g/mol. The number of sulfone groups is 1. The molecule has 88 valence electrons. The zero-order valence-corrected chi connectivity index (χ0v) is 11.9. The van der Waals surface area contributed by atoms with Crippen molar-refractivity contribution < 1.29 is 8.42 Å². The van der Waals surface area contributed by atoms with E-state index in [-0.39, 0.29) is 20.9 Å². The Morgan fingerprint density at radius 3 is 2.39 bits per heavy atom. The van der Waals surface area contributed by atoms with Crippen LogP contribution in [0.3, 0.4) is 0 Å². The second-order valence-corrected chi connectivity index (χ2v) is 5.96. The minimum atomic E-state index is -3.62. The summed E-state index contributed by atoms with van der Waals surface area (Å²) in [7, 11) is -3.62. The zero-order valence-electron chi connectivity index (χ0n) is 8.88. The number of allylic oxidation sites excluding steroid dienone is 2. The van der Waals surface area contributed by atoms with Crippen LogP contribution in [0.5, 0.6) is 0 Å². The first-order valence-electron chi connectivity index (χ1n) is 4.77. The molecule has 1 aromatic rings. The Morgan fingerprint density at radius 1 is 1.22 bits per heavy atom. The number of hydrogen-bond donors (Lipinski definition) is 0. The number of benzene rings is 1. The third-order valence-electron chi connectivity index (χ3n) is 2.55. The van der Waals surface area contributed by atoms with E-state index in [2.05, 4.69) is 0 Å². The largest absolute Gasteiger partial charge is 0.218 e. The summed E-state index contributed by atoms with van der Waals surface area (Å²) in [6.45, 7) is 0. The van der Waals surface area contributed by atoms with E-state index in [1.807, 2.05) is 0 Å². The molecule has 0 fully saturated rings. The zero-order chi connectivity index (χ0) is 13.3. The molecule has 0 aliphatic carbocycles. The van der Waals surface area contributed by atoms with Gasteiger partial charge in [0.1, 0.15) is 17.7 Å². The van der Waals surface area contributed by atoms with Crippen LogP contribution in [0.15, 0.2) is 43.7 Å². The first-order chi connectivity index (χ1) is 8.57. The summed E-state index contributed by atoms with van der Waals surface area (Å²) >= 11 is 1.80. The number of halogens is 1. The number of hydrogen-bond acceptors (Lipinski definition) is 4. The highest BCUT2D eigenvalue weighted by Gasteiger charge is 2.37. The van der Waals surface area contributed by atoms with Crippen LogP contribution in [0.1, 0.15) is 5.56 Å². The smallest absolute Gasteiger partial charge is 0.208 e. The molecule has 0 saturated carbocycles. The summed E-state index contributed by atoms with van der Waals surface area (Å²) in [5.41, 5.74) is 0.426. The lowest BCUT2D eigenvalue weighted by atomic mass is 10.0. The summed E-state index contributed by atoms with van der Waals surface area (Å²) in [6.07, 6.45) is 0. The number of nitrogens with zero attached hydrogens (tertiary/aromatic N) is 2. The second-order valence-electron chi connectivity index (χ2n) is 3.45. The van der Waals surface area contributed by atoms with Crippen LogP contribution < -0.4 is 0 Å². The van der Waals surface area contributed by atoms with Crippen molar-refractivity contribution in [1.29, 1.82) is 10.5 Å². The van der Waals surface area contributed by atoms with Crippen LogP contribution in [-0.2, 0) is 9.84 Å². The molecule has 0 N–H and O–H groups in total. The molecule has 0 bridgehead atoms. The number of nitriles is 2. The SMILES string of the molecule is N#CC(C#N)=C1/C(=C\I)S(=O)(=O)c2ccccc21.